The molecule has 0 radical (unpaired) electrons. The van der Waals surface area contributed by atoms with E-state index in [2.05, 4.69) is 25.5 Å². The highest BCUT2D eigenvalue weighted by Gasteiger charge is 2.07. The van der Waals surface area contributed by atoms with Gasteiger partial charge in [-0.05, 0) is 0 Å². The van der Waals surface area contributed by atoms with Crippen LogP contribution in [0.1, 0.15) is 16.2 Å². The third-order valence-corrected chi connectivity index (χ3v) is 2.08. The number of hydrogen-bond donors (Lipinski definition) is 4. The van der Waals surface area contributed by atoms with E-state index < -0.39 is 0 Å². The maximum atomic E-state index is 11.5. The monoisotopic (exact) mass is 220 g/mol. The Morgan fingerprint density at radius 1 is 1.56 bits per heavy atom. The molecule has 0 saturated heterocycles. The van der Waals surface area contributed by atoms with Gasteiger partial charge in [-0.25, -0.2) is 4.98 Å². The normalized spacial score (nSPS) is 10.2. The first kappa shape index (κ1) is 10.2. The Morgan fingerprint density at radius 2 is 2.44 bits per heavy atom. The quantitative estimate of drug-likeness (QED) is 0.566. The van der Waals surface area contributed by atoms with Gasteiger partial charge in [0, 0.05) is 30.9 Å². The second kappa shape index (κ2) is 4.47. The molecule has 7 nitrogen and oxygen atoms in total. The molecule has 16 heavy (non-hydrogen) atoms. The van der Waals surface area contributed by atoms with Gasteiger partial charge in [-0.2, -0.15) is 5.10 Å². The lowest BCUT2D eigenvalue weighted by molar-refractivity contribution is 0.0949. The van der Waals surface area contributed by atoms with Crippen LogP contribution in [0.5, 0.6) is 0 Å². The molecular weight excluding hydrogens is 208 g/mol. The lowest BCUT2D eigenvalue weighted by Crippen LogP contribution is -2.26. The van der Waals surface area contributed by atoms with E-state index in [1.807, 2.05) is 0 Å². The summed E-state index contributed by atoms with van der Waals surface area (Å²) >= 11 is 0. The third-order valence-electron chi connectivity index (χ3n) is 2.08. The number of nitrogens with zero attached hydrogens (tertiary/aromatic N) is 2. The molecule has 0 bridgehead atoms. The second-order valence-electron chi connectivity index (χ2n) is 3.29. The summed E-state index contributed by atoms with van der Waals surface area (Å²) in [6, 6.07) is 1.49. The van der Waals surface area contributed by atoms with Gasteiger partial charge in [0.25, 0.3) is 5.91 Å². The fraction of sp³-hybridized carbons (Fsp3) is 0.222. The molecule has 0 aromatic carbocycles. The molecule has 2 rings (SSSR count). The van der Waals surface area contributed by atoms with E-state index in [0.717, 1.165) is 5.69 Å². The van der Waals surface area contributed by atoms with Gasteiger partial charge in [0.2, 0.25) is 0 Å². The number of aromatic nitrogens is 4. The van der Waals surface area contributed by atoms with Crippen LogP contribution in [-0.4, -0.2) is 32.6 Å². The van der Waals surface area contributed by atoms with E-state index in [0.29, 0.717) is 24.5 Å². The Bertz CT molecular complexity index is 460. The standard InChI is InChI=1S/C9H12N6O/c10-8-3-7(14-15-8)9(16)12-2-1-6-4-11-5-13-6/h3-5H,1-2H2,(H,11,13)(H,12,16)(H3,10,14,15). The van der Waals surface area contributed by atoms with Crippen molar-refractivity contribution in [2.45, 2.75) is 6.42 Å². The number of imidazole rings is 1. The summed E-state index contributed by atoms with van der Waals surface area (Å²) in [4.78, 5) is 18.4. The molecule has 1 amide bonds. The molecule has 0 aliphatic heterocycles. The molecule has 84 valence electrons. The Morgan fingerprint density at radius 3 is 3.06 bits per heavy atom. The highest BCUT2D eigenvalue weighted by molar-refractivity contribution is 5.92. The van der Waals surface area contributed by atoms with Crippen molar-refractivity contribution in [3.05, 3.63) is 30.0 Å². The van der Waals surface area contributed by atoms with Gasteiger partial charge in [-0.3, -0.25) is 9.89 Å². The Kier molecular flexibility index (Phi) is 2.86. The zero-order valence-corrected chi connectivity index (χ0v) is 8.53. The van der Waals surface area contributed by atoms with Crippen LogP contribution < -0.4 is 11.1 Å². The smallest absolute Gasteiger partial charge is 0.269 e. The maximum Gasteiger partial charge on any atom is 0.269 e. The fourth-order valence-electron chi connectivity index (χ4n) is 1.28. The third kappa shape index (κ3) is 2.38. The van der Waals surface area contributed by atoms with Gasteiger partial charge in [0.15, 0.2) is 0 Å². The van der Waals surface area contributed by atoms with Crippen molar-refractivity contribution in [2.24, 2.45) is 0 Å². The van der Waals surface area contributed by atoms with Gasteiger partial charge in [-0.15, -0.1) is 0 Å². The van der Waals surface area contributed by atoms with Gasteiger partial charge in [0.05, 0.1) is 6.33 Å². The summed E-state index contributed by atoms with van der Waals surface area (Å²) in [7, 11) is 0. The van der Waals surface area contributed by atoms with Crippen LogP contribution in [0, 0.1) is 0 Å². The number of aromatic amines is 2. The van der Waals surface area contributed by atoms with Crippen molar-refractivity contribution in [1.82, 2.24) is 25.5 Å². The van der Waals surface area contributed by atoms with Crippen LogP contribution >= 0.6 is 0 Å². The van der Waals surface area contributed by atoms with Crippen LogP contribution in [0.25, 0.3) is 0 Å². The number of nitrogen functional groups attached to an aromatic ring is 1. The zero-order valence-electron chi connectivity index (χ0n) is 8.53. The molecule has 2 aromatic rings. The van der Waals surface area contributed by atoms with E-state index in [-0.39, 0.29) is 5.91 Å². The lowest BCUT2D eigenvalue weighted by atomic mass is 10.3. The minimum absolute atomic E-state index is 0.219. The van der Waals surface area contributed by atoms with Crippen LogP contribution in [0.3, 0.4) is 0 Å². The summed E-state index contributed by atoms with van der Waals surface area (Å²) in [5, 5.41) is 8.95. The Hall–Kier alpha value is -2.31. The first-order chi connectivity index (χ1) is 7.75. The lowest BCUT2D eigenvalue weighted by Gasteiger charge is -2.01. The van der Waals surface area contributed by atoms with Gasteiger partial charge < -0.3 is 16.0 Å². The molecule has 7 heteroatoms. The number of H-pyrrole nitrogens is 2. The number of rotatable bonds is 4. The molecule has 2 aromatic heterocycles. The van der Waals surface area contributed by atoms with Gasteiger partial charge in [0.1, 0.15) is 11.5 Å². The average Bonchev–Trinajstić information content (AvgIpc) is 2.89. The number of carbonyl (C=O) groups excluding carboxylic acids is 1. The molecule has 0 spiro atoms. The second-order valence-corrected chi connectivity index (χ2v) is 3.29. The molecule has 0 atom stereocenters. The Labute approximate surface area is 91.5 Å². The summed E-state index contributed by atoms with van der Waals surface area (Å²) in [5.41, 5.74) is 6.73. The van der Waals surface area contributed by atoms with Gasteiger partial charge in [-0.1, -0.05) is 0 Å². The largest absolute Gasteiger partial charge is 0.382 e. The zero-order chi connectivity index (χ0) is 11.4. The summed E-state index contributed by atoms with van der Waals surface area (Å²) in [6.45, 7) is 0.528. The molecule has 0 saturated carbocycles. The Balaban J connectivity index is 1.80. The summed E-state index contributed by atoms with van der Waals surface area (Å²) in [5.74, 6) is 0.0856. The predicted octanol–water partition coefficient (Wildman–Crippen LogP) is -0.313. The molecule has 2 heterocycles. The van der Waals surface area contributed by atoms with Crippen molar-refractivity contribution in [2.75, 3.05) is 12.3 Å². The number of hydrogen-bond acceptors (Lipinski definition) is 4. The minimum atomic E-state index is -0.219. The van der Waals surface area contributed by atoms with Crippen LogP contribution in [-0.2, 0) is 6.42 Å². The van der Waals surface area contributed by atoms with Crippen molar-refractivity contribution in [3.8, 4) is 0 Å². The molecule has 0 aliphatic rings. The van der Waals surface area contributed by atoms with E-state index in [9.17, 15) is 4.79 Å². The predicted molar refractivity (Wildman–Crippen MR) is 57.6 cm³/mol. The minimum Gasteiger partial charge on any atom is -0.382 e. The first-order valence-electron chi connectivity index (χ1n) is 4.82. The number of carbonyl (C=O) groups is 1. The van der Waals surface area contributed by atoms with E-state index in [1.54, 1.807) is 12.5 Å². The van der Waals surface area contributed by atoms with Gasteiger partial charge >= 0.3 is 0 Å². The maximum absolute atomic E-state index is 11.5. The molecule has 0 aliphatic carbocycles. The van der Waals surface area contributed by atoms with Crippen molar-refractivity contribution in [1.29, 1.82) is 0 Å². The summed E-state index contributed by atoms with van der Waals surface area (Å²) < 4.78 is 0. The van der Waals surface area contributed by atoms with E-state index in [4.69, 9.17) is 5.73 Å². The number of amides is 1. The number of nitrogens with one attached hydrogen (secondary N) is 3. The average molecular weight is 220 g/mol. The van der Waals surface area contributed by atoms with E-state index in [1.165, 1.54) is 6.07 Å². The van der Waals surface area contributed by atoms with Crippen LogP contribution in [0.2, 0.25) is 0 Å². The highest BCUT2D eigenvalue weighted by Crippen LogP contribution is 1.99. The van der Waals surface area contributed by atoms with Crippen molar-refractivity contribution < 1.29 is 4.79 Å². The first-order valence-corrected chi connectivity index (χ1v) is 4.82. The topological polar surface area (TPSA) is 112 Å². The molecular formula is C9H12N6O. The summed E-state index contributed by atoms with van der Waals surface area (Å²) in [6.07, 6.45) is 4.03. The number of nitrogens with two attached hydrogens (primary N) is 1. The van der Waals surface area contributed by atoms with Crippen LogP contribution in [0.4, 0.5) is 5.82 Å². The van der Waals surface area contributed by atoms with E-state index >= 15 is 0 Å². The SMILES string of the molecule is Nc1cc(C(=O)NCCc2cnc[nH]2)[nH]n1. The molecule has 0 fully saturated rings. The molecule has 0 unspecified atom stereocenters. The fourth-order valence-corrected chi connectivity index (χ4v) is 1.28. The highest BCUT2D eigenvalue weighted by atomic mass is 16.1. The van der Waals surface area contributed by atoms with Crippen molar-refractivity contribution >= 4 is 11.7 Å². The molecule has 5 N–H and O–H groups in total. The van der Waals surface area contributed by atoms with Crippen molar-refractivity contribution in [3.63, 3.8) is 0 Å². The number of anilines is 1. The van der Waals surface area contributed by atoms with Crippen LogP contribution in [0.15, 0.2) is 18.6 Å².